The molecule has 0 spiro atoms. The molecule has 1 aromatic carbocycles. The average Bonchev–Trinajstić information content (AvgIpc) is 2.42. The second-order valence-electron chi connectivity index (χ2n) is 4.88. The second kappa shape index (κ2) is 5.75. The molecule has 1 aromatic rings. The van der Waals surface area contributed by atoms with Gasteiger partial charge in [0.05, 0.1) is 12.6 Å². The molecule has 1 unspecified atom stereocenters. The number of carbonyl (C=O) groups is 1. The molecule has 1 aliphatic rings. The number of nitrogens with zero attached hydrogens (tertiary/aromatic N) is 1. The Labute approximate surface area is 111 Å². The van der Waals surface area contributed by atoms with Gasteiger partial charge in [-0.05, 0) is 5.56 Å². The van der Waals surface area contributed by atoms with Crippen LogP contribution in [0.25, 0.3) is 0 Å². The van der Waals surface area contributed by atoms with Crippen LogP contribution in [-0.4, -0.2) is 36.2 Å². The van der Waals surface area contributed by atoms with Crippen LogP contribution in [0.3, 0.4) is 0 Å². The molecule has 1 aliphatic heterocycles. The molecule has 2 N–H and O–H groups in total. The lowest BCUT2D eigenvalue weighted by atomic mass is 9.97. The van der Waals surface area contributed by atoms with Crippen molar-refractivity contribution in [1.29, 1.82) is 0 Å². The predicted molar refractivity (Wildman–Crippen MR) is 69.0 cm³/mol. The van der Waals surface area contributed by atoms with Gasteiger partial charge in [-0.2, -0.15) is 0 Å². The van der Waals surface area contributed by atoms with E-state index in [1.54, 1.807) is 0 Å². The van der Waals surface area contributed by atoms with Gasteiger partial charge in [0.15, 0.2) is 5.78 Å². The van der Waals surface area contributed by atoms with Crippen molar-refractivity contribution >= 4 is 5.78 Å². The summed E-state index contributed by atoms with van der Waals surface area (Å²) in [5.41, 5.74) is 6.27. The van der Waals surface area contributed by atoms with E-state index in [0.29, 0.717) is 0 Å². The Morgan fingerprint density at radius 1 is 1.26 bits per heavy atom. The third kappa shape index (κ3) is 3.36. The molecule has 5 heteroatoms. The largest absolute Gasteiger partial charge is 0.324 e. The molecule has 0 aromatic heterocycles. The van der Waals surface area contributed by atoms with E-state index in [9.17, 15) is 13.6 Å². The number of piperidine rings is 1. The number of hydrogen-bond acceptors (Lipinski definition) is 3. The summed E-state index contributed by atoms with van der Waals surface area (Å²) < 4.78 is 26.4. The van der Waals surface area contributed by atoms with E-state index in [2.05, 4.69) is 0 Å². The second-order valence-corrected chi connectivity index (χ2v) is 4.88. The Hall–Kier alpha value is -1.33. The molecule has 0 bridgehead atoms. The Morgan fingerprint density at radius 3 is 2.37 bits per heavy atom. The zero-order chi connectivity index (χ0) is 13.9. The van der Waals surface area contributed by atoms with E-state index in [1.165, 1.54) is 0 Å². The van der Waals surface area contributed by atoms with Crippen molar-refractivity contribution in [2.45, 2.75) is 24.8 Å². The SMILES string of the molecule is NCC(=O)C(c1ccccc1)N1CCC(F)(F)CC1. The molecule has 19 heavy (non-hydrogen) atoms. The molecule has 1 saturated heterocycles. The van der Waals surface area contributed by atoms with Gasteiger partial charge in [0, 0.05) is 25.9 Å². The minimum atomic E-state index is -2.61. The smallest absolute Gasteiger partial charge is 0.250 e. The van der Waals surface area contributed by atoms with E-state index in [0.717, 1.165) is 5.56 Å². The van der Waals surface area contributed by atoms with E-state index >= 15 is 0 Å². The Balaban J connectivity index is 2.18. The molecule has 2 rings (SSSR count). The number of carbonyl (C=O) groups excluding carboxylic acids is 1. The lowest BCUT2D eigenvalue weighted by Crippen LogP contribution is -2.45. The number of halogens is 2. The number of alkyl halides is 2. The molecule has 3 nitrogen and oxygen atoms in total. The van der Waals surface area contributed by atoms with Crippen molar-refractivity contribution in [3.8, 4) is 0 Å². The third-order valence-corrected chi connectivity index (χ3v) is 3.52. The maximum Gasteiger partial charge on any atom is 0.250 e. The van der Waals surface area contributed by atoms with E-state index in [-0.39, 0.29) is 38.3 Å². The van der Waals surface area contributed by atoms with Crippen molar-refractivity contribution in [1.82, 2.24) is 4.90 Å². The lowest BCUT2D eigenvalue weighted by molar-refractivity contribution is -0.126. The van der Waals surface area contributed by atoms with Gasteiger partial charge in [-0.25, -0.2) is 8.78 Å². The first-order chi connectivity index (χ1) is 9.03. The summed E-state index contributed by atoms with van der Waals surface area (Å²) in [6.07, 6.45) is -0.400. The van der Waals surface area contributed by atoms with Crippen molar-refractivity contribution in [2.24, 2.45) is 5.73 Å². The van der Waals surface area contributed by atoms with Gasteiger partial charge in [-0.1, -0.05) is 30.3 Å². The highest BCUT2D eigenvalue weighted by Crippen LogP contribution is 2.32. The minimum Gasteiger partial charge on any atom is -0.324 e. The summed E-state index contributed by atoms with van der Waals surface area (Å²) in [6.45, 7) is 0.364. The monoisotopic (exact) mass is 268 g/mol. The zero-order valence-corrected chi connectivity index (χ0v) is 10.7. The Kier molecular flexibility index (Phi) is 4.27. The number of Topliss-reactive ketones (excluding diaryl/α,β-unsaturated/α-hetero) is 1. The van der Waals surface area contributed by atoms with Crippen LogP contribution in [0.15, 0.2) is 30.3 Å². The van der Waals surface area contributed by atoms with Crippen molar-refractivity contribution in [3.05, 3.63) is 35.9 Å². The lowest BCUT2D eigenvalue weighted by Gasteiger charge is -2.36. The van der Waals surface area contributed by atoms with Gasteiger partial charge in [-0.15, -0.1) is 0 Å². The fraction of sp³-hybridized carbons (Fsp3) is 0.500. The van der Waals surface area contributed by atoms with Crippen molar-refractivity contribution < 1.29 is 13.6 Å². The summed E-state index contributed by atoms with van der Waals surface area (Å²) in [5.74, 6) is -2.74. The summed E-state index contributed by atoms with van der Waals surface area (Å²) in [4.78, 5) is 13.8. The normalized spacial score (nSPS) is 21.0. The number of rotatable bonds is 4. The number of nitrogens with two attached hydrogens (primary N) is 1. The van der Waals surface area contributed by atoms with Crippen LogP contribution < -0.4 is 5.73 Å². The highest BCUT2D eigenvalue weighted by molar-refractivity contribution is 5.86. The minimum absolute atomic E-state index is 0.0769. The molecule has 0 amide bonds. The van der Waals surface area contributed by atoms with Crippen LogP contribution in [0, 0.1) is 0 Å². The summed E-state index contributed by atoms with van der Waals surface area (Å²) in [7, 11) is 0. The molecule has 1 fully saturated rings. The molecule has 0 aliphatic carbocycles. The van der Waals surface area contributed by atoms with Gasteiger partial charge in [0.1, 0.15) is 0 Å². The first-order valence-electron chi connectivity index (χ1n) is 6.43. The van der Waals surface area contributed by atoms with Crippen LogP contribution in [0.2, 0.25) is 0 Å². The van der Waals surface area contributed by atoms with E-state index < -0.39 is 12.0 Å². The first kappa shape index (κ1) is 14.1. The average molecular weight is 268 g/mol. The number of ketones is 1. The molecular weight excluding hydrogens is 250 g/mol. The maximum atomic E-state index is 13.2. The molecule has 0 saturated carbocycles. The topological polar surface area (TPSA) is 46.3 Å². The molecule has 0 radical (unpaired) electrons. The summed E-state index contributed by atoms with van der Waals surface area (Å²) in [5, 5.41) is 0. The molecule has 1 atom stereocenters. The third-order valence-electron chi connectivity index (χ3n) is 3.52. The van der Waals surface area contributed by atoms with Crippen LogP contribution in [0.1, 0.15) is 24.4 Å². The number of benzene rings is 1. The first-order valence-corrected chi connectivity index (χ1v) is 6.43. The number of hydrogen-bond donors (Lipinski definition) is 1. The maximum absolute atomic E-state index is 13.2. The summed E-state index contributed by atoms with van der Waals surface area (Å²) in [6, 6.07) is 8.71. The fourth-order valence-corrected chi connectivity index (χ4v) is 2.46. The van der Waals surface area contributed by atoms with Gasteiger partial charge in [0.25, 0.3) is 5.92 Å². The van der Waals surface area contributed by atoms with Gasteiger partial charge < -0.3 is 5.73 Å². The quantitative estimate of drug-likeness (QED) is 0.908. The van der Waals surface area contributed by atoms with Crippen LogP contribution in [0.5, 0.6) is 0 Å². The van der Waals surface area contributed by atoms with Crippen LogP contribution in [-0.2, 0) is 4.79 Å². The van der Waals surface area contributed by atoms with Crippen LogP contribution in [0.4, 0.5) is 8.78 Å². The summed E-state index contributed by atoms with van der Waals surface area (Å²) >= 11 is 0. The number of likely N-dealkylation sites (tertiary alicyclic amines) is 1. The van der Waals surface area contributed by atoms with Crippen LogP contribution >= 0.6 is 0 Å². The van der Waals surface area contributed by atoms with Gasteiger partial charge >= 0.3 is 0 Å². The molecule has 1 heterocycles. The Bertz CT molecular complexity index is 426. The zero-order valence-electron chi connectivity index (χ0n) is 10.7. The van der Waals surface area contributed by atoms with Crippen molar-refractivity contribution in [2.75, 3.05) is 19.6 Å². The Morgan fingerprint density at radius 2 is 1.84 bits per heavy atom. The standard InChI is InChI=1S/C14H18F2N2O/c15-14(16)6-8-18(9-7-14)13(12(19)10-17)11-4-2-1-3-5-11/h1-5,13H,6-10,17H2. The highest BCUT2D eigenvalue weighted by atomic mass is 19.3. The fourth-order valence-electron chi connectivity index (χ4n) is 2.46. The molecular formula is C14H18F2N2O. The predicted octanol–water partition coefficient (Wildman–Crippen LogP) is 1.99. The van der Waals surface area contributed by atoms with Gasteiger partial charge in [0.2, 0.25) is 0 Å². The highest BCUT2D eigenvalue weighted by Gasteiger charge is 2.38. The molecule has 104 valence electrons. The van der Waals surface area contributed by atoms with Crippen molar-refractivity contribution in [3.63, 3.8) is 0 Å². The van der Waals surface area contributed by atoms with E-state index in [1.807, 2.05) is 35.2 Å². The van der Waals surface area contributed by atoms with E-state index in [4.69, 9.17) is 5.73 Å². The van der Waals surface area contributed by atoms with Gasteiger partial charge in [-0.3, -0.25) is 9.69 Å².